The molecular formula is C12H20N4O3S. The van der Waals surface area contributed by atoms with Crippen molar-refractivity contribution in [3.05, 3.63) is 18.3 Å². The predicted molar refractivity (Wildman–Crippen MR) is 76.8 cm³/mol. The average Bonchev–Trinajstić information content (AvgIpc) is 2.44. The molecule has 0 fully saturated rings. The van der Waals surface area contributed by atoms with Gasteiger partial charge in [0.05, 0.1) is 11.1 Å². The number of hydrogen-bond donors (Lipinski definition) is 3. The highest BCUT2D eigenvalue weighted by Crippen LogP contribution is 2.19. The quantitative estimate of drug-likeness (QED) is 0.695. The van der Waals surface area contributed by atoms with Gasteiger partial charge in [0.2, 0.25) is 5.91 Å². The molecule has 7 nitrogen and oxygen atoms in total. The highest BCUT2D eigenvalue weighted by atomic mass is 32.2. The van der Waals surface area contributed by atoms with Crippen molar-refractivity contribution in [1.29, 1.82) is 0 Å². The lowest BCUT2D eigenvalue weighted by molar-refractivity contribution is -0.128. The summed E-state index contributed by atoms with van der Waals surface area (Å²) in [5.74, 6) is -0.241. The minimum atomic E-state index is -3.78. The van der Waals surface area contributed by atoms with Crippen LogP contribution in [0, 0.1) is 5.41 Å². The predicted octanol–water partition coefficient (Wildman–Crippen LogP) is 0.174. The van der Waals surface area contributed by atoms with Crippen LogP contribution in [-0.2, 0) is 14.8 Å². The van der Waals surface area contributed by atoms with Gasteiger partial charge in [-0.05, 0) is 26.0 Å². The zero-order valence-corrected chi connectivity index (χ0v) is 12.8. The highest BCUT2D eigenvalue weighted by molar-refractivity contribution is 7.89. The van der Waals surface area contributed by atoms with E-state index in [-0.39, 0.29) is 17.5 Å². The Morgan fingerprint density at radius 2 is 2.00 bits per heavy atom. The van der Waals surface area contributed by atoms with Crippen LogP contribution in [0.25, 0.3) is 0 Å². The minimum Gasteiger partial charge on any atom is -0.386 e. The monoisotopic (exact) mass is 300 g/mol. The summed E-state index contributed by atoms with van der Waals surface area (Å²) in [6.45, 7) is 3.30. The van der Waals surface area contributed by atoms with Gasteiger partial charge in [0, 0.05) is 26.8 Å². The molecule has 1 rings (SSSR count). The summed E-state index contributed by atoms with van der Waals surface area (Å²) in [6.07, 6.45) is 1.40. The van der Waals surface area contributed by atoms with Gasteiger partial charge in [-0.25, -0.2) is 18.1 Å². The van der Waals surface area contributed by atoms with Crippen molar-refractivity contribution in [3.8, 4) is 0 Å². The Labute approximate surface area is 119 Å². The second-order valence-corrected chi connectivity index (χ2v) is 6.58. The Bertz CT molecular complexity index is 584. The van der Waals surface area contributed by atoms with Crippen LogP contribution in [0.2, 0.25) is 0 Å². The topological polar surface area (TPSA) is 100 Å². The van der Waals surface area contributed by atoms with Crippen molar-refractivity contribution in [3.63, 3.8) is 0 Å². The molecule has 0 aliphatic rings. The number of aromatic nitrogens is 1. The molecule has 0 aliphatic carbocycles. The molecule has 8 heteroatoms. The second kappa shape index (κ2) is 6.19. The van der Waals surface area contributed by atoms with Gasteiger partial charge in [-0.3, -0.25) is 4.79 Å². The summed E-state index contributed by atoms with van der Waals surface area (Å²) < 4.78 is 26.9. The fraction of sp³-hybridized carbons (Fsp3) is 0.500. The number of nitrogens with one attached hydrogen (secondary N) is 3. The molecule has 20 heavy (non-hydrogen) atoms. The highest BCUT2D eigenvalue weighted by Gasteiger charge is 2.30. The van der Waals surface area contributed by atoms with E-state index in [9.17, 15) is 13.2 Å². The van der Waals surface area contributed by atoms with E-state index in [4.69, 9.17) is 0 Å². The summed E-state index contributed by atoms with van der Waals surface area (Å²) in [5, 5.41) is 5.19. The SMILES string of the molecule is CNC(=O)C(C)(C)CNS(=O)(=O)c1ncccc1NC. The molecule has 0 aromatic carbocycles. The molecule has 1 amide bonds. The third-order valence-electron chi connectivity index (χ3n) is 2.84. The maximum atomic E-state index is 12.2. The van der Waals surface area contributed by atoms with Crippen molar-refractivity contribution in [1.82, 2.24) is 15.0 Å². The average molecular weight is 300 g/mol. The normalized spacial score (nSPS) is 12.0. The Kier molecular flexibility index (Phi) is 5.07. The summed E-state index contributed by atoms with van der Waals surface area (Å²) in [6, 6.07) is 3.25. The lowest BCUT2D eigenvalue weighted by Gasteiger charge is -2.22. The van der Waals surface area contributed by atoms with Gasteiger partial charge >= 0.3 is 0 Å². The molecule has 0 saturated heterocycles. The second-order valence-electron chi connectivity index (χ2n) is 4.89. The maximum Gasteiger partial charge on any atom is 0.260 e. The summed E-state index contributed by atoms with van der Waals surface area (Å²) in [4.78, 5) is 15.5. The number of nitrogens with zero attached hydrogens (tertiary/aromatic N) is 1. The van der Waals surface area contributed by atoms with E-state index in [0.717, 1.165) is 0 Å². The van der Waals surface area contributed by atoms with Crippen LogP contribution >= 0.6 is 0 Å². The van der Waals surface area contributed by atoms with E-state index in [1.165, 1.54) is 13.2 Å². The number of carbonyl (C=O) groups is 1. The maximum absolute atomic E-state index is 12.2. The van der Waals surface area contributed by atoms with Crippen molar-refractivity contribution < 1.29 is 13.2 Å². The van der Waals surface area contributed by atoms with Crippen LogP contribution in [0.1, 0.15) is 13.8 Å². The summed E-state index contributed by atoms with van der Waals surface area (Å²) in [7, 11) is -0.656. The molecule has 1 heterocycles. The lowest BCUT2D eigenvalue weighted by atomic mass is 9.93. The molecule has 112 valence electrons. The Morgan fingerprint density at radius 3 is 2.55 bits per heavy atom. The number of amides is 1. The van der Waals surface area contributed by atoms with Crippen LogP contribution in [0.4, 0.5) is 5.69 Å². The number of pyridine rings is 1. The molecule has 0 saturated carbocycles. The first-order valence-corrected chi connectivity index (χ1v) is 7.57. The molecule has 0 bridgehead atoms. The van der Waals surface area contributed by atoms with Crippen molar-refractivity contribution in [2.45, 2.75) is 18.9 Å². The molecule has 0 spiro atoms. The minimum absolute atomic E-state index is 0.0191. The molecule has 0 aliphatic heterocycles. The van der Waals surface area contributed by atoms with E-state index in [0.29, 0.717) is 5.69 Å². The van der Waals surface area contributed by atoms with E-state index >= 15 is 0 Å². The molecular weight excluding hydrogens is 280 g/mol. The fourth-order valence-corrected chi connectivity index (χ4v) is 2.90. The summed E-state index contributed by atoms with van der Waals surface area (Å²) >= 11 is 0. The van der Waals surface area contributed by atoms with Gasteiger partial charge < -0.3 is 10.6 Å². The van der Waals surface area contributed by atoms with Gasteiger partial charge in [0.25, 0.3) is 10.0 Å². The van der Waals surface area contributed by atoms with Gasteiger partial charge in [-0.2, -0.15) is 0 Å². The Hall–Kier alpha value is -1.67. The molecule has 0 unspecified atom stereocenters. The fourth-order valence-electron chi connectivity index (χ4n) is 1.56. The van der Waals surface area contributed by atoms with E-state index in [1.54, 1.807) is 33.0 Å². The van der Waals surface area contributed by atoms with Crippen LogP contribution < -0.4 is 15.4 Å². The zero-order valence-electron chi connectivity index (χ0n) is 12.0. The molecule has 1 aromatic heterocycles. The van der Waals surface area contributed by atoms with Gasteiger partial charge in [0.15, 0.2) is 5.03 Å². The zero-order chi connectivity index (χ0) is 15.4. The first-order chi connectivity index (χ1) is 9.24. The largest absolute Gasteiger partial charge is 0.386 e. The number of anilines is 1. The number of hydrogen-bond acceptors (Lipinski definition) is 5. The van der Waals surface area contributed by atoms with Crippen LogP contribution in [0.15, 0.2) is 23.4 Å². The first kappa shape index (κ1) is 16.4. The van der Waals surface area contributed by atoms with E-state index in [2.05, 4.69) is 20.3 Å². The third-order valence-corrected chi connectivity index (χ3v) is 4.20. The molecule has 3 N–H and O–H groups in total. The molecule has 0 radical (unpaired) electrons. The molecule has 0 atom stereocenters. The first-order valence-electron chi connectivity index (χ1n) is 6.09. The van der Waals surface area contributed by atoms with Gasteiger partial charge in [-0.15, -0.1) is 0 Å². The number of carbonyl (C=O) groups excluding carboxylic acids is 1. The third kappa shape index (κ3) is 3.67. The van der Waals surface area contributed by atoms with Gasteiger partial charge in [-0.1, -0.05) is 0 Å². The van der Waals surface area contributed by atoms with Gasteiger partial charge in [0.1, 0.15) is 0 Å². The Balaban J connectivity index is 2.94. The van der Waals surface area contributed by atoms with E-state index in [1.807, 2.05) is 0 Å². The van der Waals surface area contributed by atoms with Crippen LogP contribution in [-0.4, -0.2) is 39.9 Å². The van der Waals surface area contributed by atoms with Crippen molar-refractivity contribution in [2.75, 3.05) is 26.0 Å². The number of rotatable bonds is 6. The lowest BCUT2D eigenvalue weighted by Crippen LogP contribution is -2.43. The smallest absolute Gasteiger partial charge is 0.260 e. The van der Waals surface area contributed by atoms with Crippen LogP contribution in [0.5, 0.6) is 0 Å². The molecule has 1 aromatic rings. The summed E-state index contributed by atoms with van der Waals surface area (Å²) in [5.41, 5.74) is -0.450. The van der Waals surface area contributed by atoms with Crippen molar-refractivity contribution >= 4 is 21.6 Å². The van der Waals surface area contributed by atoms with Crippen molar-refractivity contribution in [2.24, 2.45) is 5.41 Å². The number of sulfonamides is 1. The standard InChI is InChI=1S/C12H20N4O3S/c1-12(2,11(17)14-4)8-16-20(18,19)10-9(13-3)6-5-7-15-10/h5-7,13,16H,8H2,1-4H3,(H,14,17). The van der Waals surface area contributed by atoms with E-state index < -0.39 is 15.4 Å². The van der Waals surface area contributed by atoms with Crippen LogP contribution in [0.3, 0.4) is 0 Å². The Morgan fingerprint density at radius 1 is 1.35 bits per heavy atom.